The summed E-state index contributed by atoms with van der Waals surface area (Å²) >= 11 is 0. The molecule has 1 amide bonds. The zero-order chi connectivity index (χ0) is 18.0. The molecule has 0 aliphatic rings. The number of aromatic nitrogens is 2. The van der Waals surface area contributed by atoms with Gasteiger partial charge in [0, 0.05) is 18.5 Å². The fraction of sp³-hybridized carbons (Fsp3) is 0.167. The number of benzene rings is 2. The van der Waals surface area contributed by atoms with Crippen molar-refractivity contribution in [2.24, 2.45) is 0 Å². The van der Waals surface area contributed by atoms with E-state index in [9.17, 15) is 9.59 Å². The van der Waals surface area contributed by atoms with Gasteiger partial charge in [0.25, 0.3) is 11.8 Å². The van der Waals surface area contributed by atoms with Gasteiger partial charge in [-0.1, -0.05) is 18.2 Å². The Hall–Kier alpha value is -3.35. The first-order valence-electron chi connectivity index (χ1n) is 7.57. The summed E-state index contributed by atoms with van der Waals surface area (Å²) in [6.07, 6.45) is 0. The molecule has 1 N–H and O–H groups in total. The van der Waals surface area contributed by atoms with Crippen molar-refractivity contribution in [3.63, 3.8) is 0 Å². The maximum Gasteiger partial charge on any atom is 0.282 e. The monoisotopic (exact) mass is 339 g/mol. The molecule has 0 saturated carbocycles. The third-order valence-corrected chi connectivity index (χ3v) is 3.86. The first kappa shape index (κ1) is 16.5. The summed E-state index contributed by atoms with van der Waals surface area (Å²) < 4.78 is 11.7. The van der Waals surface area contributed by atoms with Crippen LogP contribution in [-0.4, -0.2) is 42.9 Å². The van der Waals surface area contributed by atoms with Crippen LogP contribution in [0.5, 0.6) is 11.5 Å². The highest BCUT2D eigenvalue weighted by molar-refractivity contribution is 6.09. The Bertz CT molecular complexity index is 962. The van der Waals surface area contributed by atoms with Crippen molar-refractivity contribution in [2.75, 3.05) is 21.3 Å². The summed E-state index contributed by atoms with van der Waals surface area (Å²) in [5.74, 6) is 0.186. The molecule has 1 aromatic heterocycles. The average molecular weight is 339 g/mol. The van der Waals surface area contributed by atoms with Gasteiger partial charge >= 0.3 is 0 Å². The van der Waals surface area contributed by atoms with Crippen LogP contribution in [0.4, 0.5) is 0 Å². The van der Waals surface area contributed by atoms with E-state index < -0.39 is 5.91 Å². The van der Waals surface area contributed by atoms with Crippen LogP contribution in [0.3, 0.4) is 0 Å². The van der Waals surface area contributed by atoms with E-state index in [4.69, 9.17) is 9.47 Å². The number of para-hydroxylation sites is 1. The molecule has 25 heavy (non-hydrogen) atoms. The maximum absolute atomic E-state index is 13.0. The van der Waals surface area contributed by atoms with Crippen molar-refractivity contribution >= 4 is 22.7 Å². The van der Waals surface area contributed by atoms with Gasteiger partial charge in [0.15, 0.2) is 5.69 Å². The van der Waals surface area contributed by atoms with Crippen LogP contribution in [0.25, 0.3) is 10.9 Å². The molecule has 0 aliphatic carbocycles. The van der Waals surface area contributed by atoms with Gasteiger partial charge in [-0.05, 0) is 18.2 Å². The lowest BCUT2D eigenvalue weighted by atomic mass is 10.1. The quantitative estimate of drug-likeness (QED) is 0.787. The number of rotatable bonds is 4. The van der Waals surface area contributed by atoms with Gasteiger partial charge in [0.05, 0.1) is 25.3 Å². The standard InChI is InChI=1S/C18H17N3O4/c1-19-17(22)16-12-6-4-5-7-14(12)21(20-16)18(23)13-9-8-11(24-2)10-15(13)25-3/h4-10H,1-3H3,(H,19,22). The zero-order valence-corrected chi connectivity index (χ0v) is 14.1. The second-order valence-corrected chi connectivity index (χ2v) is 5.23. The second-order valence-electron chi connectivity index (χ2n) is 5.23. The molecule has 0 saturated heterocycles. The topological polar surface area (TPSA) is 82.5 Å². The van der Waals surface area contributed by atoms with E-state index in [1.807, 2.05) is 0 Å². The van der Waals surface area contributed by atoms with Crippen LogP contribution in [0, 0.1) is 0 Å². The minimum atomic E-state index is -0.397. The number of methoxy groups -OCH3 is 2. The molecule has 128 valence electrons. The summed E-state index contributed by atoms with van der Waals surface area (Å²) in [6, 6.07) is 12.0. The minimum Gasteiger partial charge on any atom is -0.497 e. The number of carbonyl (C=O) groups is 2. The van der Waals surface area contributed by atoms with Gasteiger partial charge in [-0.25, -0.2) is 0 Å². The van der Waals surface area contributed by atoms with Crippen LogP contribution in [0.1, 0.15) is 20.8 Å². The molecular weight excluding hydrogens is 322 g/mol. The molecule has 0 aliphatic heterocycles. The summed E-state index contributed by atoms with van der Waals surface area (Å²) in [4.78, 5) is 25.1. The third kappa shape index (κ3) is 2.80. The van der Waals surface area contributed by atoms with Crippen LogP contribution >= 0.6 is 0 Å². The maximum atomic E-state index is 13.0. The second kappa shape index (κ2) is 6.64. The number of fused-ring (bicyclic) bond motifs is 1. The van der Waals surface area contributed by atoms with Crippen molar-refractivity contribution in [2.45, 2.75) is 0 Å². The molecule has 0 bridgehead atoms. The van der Waals surface area contributed by atoms with Crippen molar-refractivity contribution in [1.82, 2.24) is 15.1 Å². The number of hydrogen-bond acceptors (Lipinski definition) is 5. The number of carbonyl (C=O) groups excluding carboxylic acids is 2. The summed E-state index contributed by atoms with van der Waals surface area (Å²) in [7, 11) is 4.53. The Kier molecular flexibility index (Phi) is 4.38. The van der Waals surface area contributed by atoms with E-state index in [1.54, 1.807) is 42.5 Å². The van der Waals surface area contributed by atoms with Gasteiger partial charge in [-0.15, -0.1) is 0 Å². The van der Waals surface area contributed by atoms with E-state index in [0.29, 0.717) is 28.0 Å². The lowest BCUT2D eigenvalue weighted by molar-refractivity contribution is 0.0941. The van der Waals surface area contributed by atoms with E-state index in [-0.39, 0.29) is 11.6 Å². The lowest BCUT2D eigenvalue weighted by Gasteiger charge is -2.10. The molecule has 3 rings (SSSR count). The molecule has 7 heteroatoms. The van der Waals surface area contributed by atoms with Gasteiger partial charge in [0.1, 0.15) is 11.5 Å². The zero-order valence-electron chi connectivity index (χ0n) is 14.1. The van der Waals surface area contributed by atoms with Crippen LogP contribution < -0.4 is 14.8 Å². The highest BCUT2D eigenvalue weighted by Gasteiger charge is 2.22. The molecule has 7 nitrogen and oxygen atoms in total. The van der Waals surface area contributed by atoms with E-state index in [1.165, 1.54) is 25.9 Å². The Morgan fingerprint density at radius 2 is 1.84 bits per heavy atom. The van der Waals surface area contributed by atoms with Gasteiger partial charge < -0.3 is 14.8 Å². The number of hydrogen-bond donors (Lipinski definition) is 1. The first-order valence-corrected chi connectivity index (χ1v) is 7.57. The number of amides is 1. The smallest absolute Gasteiger partial charge is 0.282 e. The van der Waals surface area contributed by atoms with Crippen molar-refractivity contribution < 1.29 is 19.1 Å². The molecule has 0 spiro atoms. The van der Waals surface area contributed by atoms with Crippen LogP contribution in [0.15, 0.2) is 42.5 Å². The molecule has 2 aromatic carbocycles. The number of ether oxygens (including phenoxy) is 2. The molecule has 0 atom stereocenters. The third-order valence-electron chi connectivity index (χ3n) is 3.86. The predicted octanol–water partition coefficient (Wildman–Crippen LogP) is 2.10. The summed E-state index contributed by atoms with van der Waals surface area (Å²) in [5.41, 5.74) is 1.06. The van der Waals surface area contributed by atoms with E-state index >= 15 is 0 Å². The largest absolute Gasteiger partial charge is 0.497 e. The number of nitrogens with zero attached hydrogens (tertiary/aromatic N) is 2. The summed E-state index contributed by atoms with van der Waals surface area (Å²) in [5, 5.41) is 7.36. The SMILES string of the molecule is CNC(=O)c1nn(C(=O)c2ccc(OC)cc2OC)c2ccccc12. The van der Waals surface area contributed by atoms with E-state index in [2.05, 4.69) is 10.4 Å². The van der Waals surface area contributed by atoms with Crippen molar-refractivity contribution in [1.29, 1.82) is 0 Å². The average Bonchev–Trinajstić information content (AvgIpc) is 3.06. The normalized spacial score (nSPS) is 10.5. The van der Waals surface area contributed by atoms with E-state index in [0.717, 1.165) is 0 Å². The Balaban J connectivity index is 2.17. The molecule has 0 radical (unpaired) electrons. The number of nitrogens with one attached hydrogen (secondary N) is 1. The van der Waals surface area contributed by atoms with Crippen molar-refractivity contribution in [3.05, 3.63) is 53.7 Å². The Morgan fingerprint density at radius 1 is 1.08 bits per heavy atom. The fourth-order valence-electron chi connectivity index (χ4n) is 2.60. The predicted molar refractivity (Wildman–Crippen MR) is 92.4 cm³/mol. The highest BCUT2D eigenvalue weighted by Crippen LogP contribution is 2.27. The molecular formula is C18H17N3O4. The van der Waals surface area contributed by atoms with Gasteiger partial charge in [0.2, 0.25) is 0 Å². The molecule has 0 fully saturated rings. The molecule has 1 heterocycles. The first-order chi connectivity index (χ1) is 12.1. The van der Waals surface area contributed by atoms with Gasteiger partial charge in [-0.2, -0.15) is 9.78 Å². The Morgan fingerprint density at radius 3 is 2.52 bits per heavy atom. The van der Waals surface area contributed by atoms with Crippen LogP contribution in [-0.2, 0) is 0 Å². The molecule has 0 unspecified atom stereocenters. The van der Waals surface area contributed by atoms with Crippen molar-refractivity contribution in [3.8, 4) is 11.5 Å². The van der Waals surface area contributed by atoms with Crippen LogP contribution in [0.2, 0.25) is 0 Å². The lowest BCUT2D eigenvalue weighted by Crippen LogP contribution is -2.20. The molecule has 3 aromatic rings. The fourth-order valence-corrected chi connectivity index (χ4v) is 2.60. The highest BCUT2D eigenvalue weighted by atomic mass is 16.5. The summed E-state index contributed by atoms with van der Waals surface area (Å²) in [6.45, 7) is 0. The van der Waals surface area contributed by atoms with Gasteiger partial charge in [-0.3, -0.25) is 9.59 Å². The Labute approximate surface area is 144 Å². The minimum absolute atomic E-state index is 0.193.